The molecular weight excluding hydrogens is 328 g/mol. The highest BCUT2D eigenvalue weighted by atomic mass is 16.5. The molecule has 0 saturated heterocycles. The molecule has 0 aliphatic heterocycles. The number of hydrogen-bond acceptors (Lipinski definition) is 4. The summed E-state index contributed by atoms with van der Waals surface area (Å²) in [6.45, 7) is 8.72. The van der Waals surface area contributed by atoms with E-state index < -0.39 is 0 Å². The van der Waals surface area contributed by atoms with E-state index in [1.807, 2.05) is 32.1 Å². The highest BCUT2D eigenvalue weighted by molar-refractivity contribution is 6.06. The molecule has 1 N–H and O–H groups in total. The van der Waals surface area contributed by atoms with Crippen molar-refractivity contribution in [3.63, 3.8) is 0 Å². The number of carbonyl (C=O) groups is 1. The number of ether oxygens (including phenoxy) is 2. The Morgan fingerprint density at radius 2 is 1.65 bits per heavy atom. The zero-order valence-electron chi connectivity index (χ0n) is 15.2. The van der Waals surface area contributed by atoms with Crippen LogP contribution < -0.4 is 9.47 Å². The average Bonchev–Trinajstić information content (AvgIpc) is 2.63. The van der Waals surface area contributed by atoms with Crippen LogP contribution in [0.5, 0.6) is 17.2 Å². The highest BCUT2D eigenvalue weighted by Crippen LogP contribution is 2.32. The van der Waals surface area contributed by atoms with Gasteiger partial charge in [-0.2, -0.15) is 0 Å². The van der Waals surface area contributed by atoms with E-state index in [-0.39, 0.29) is 11.5 Å². The summed E-state index contributed by atoms with van der Waals surface area (Å²) >= 11 is 0. The molecule has 0 saturated carbocycles. The van der Waals surface area contributed by atoms with Gasteiger partial charge in [0.05, 0.1) is 13.2 Å². The third-order valence-corrected chi connectivity index (χ3v) is 3.72. The number of ketones is 1. The zero-order valence-corrected chi connectivity index (χ0v) is 15.2. The van der Waals surface area contributed by atoms with Crippen LogP contribution in [0, 0.1) is 0 Å². The monoisotopic (exact) mass is 352 g/mol. The highest BCUT2D eigenvalue weighted by Gasteiger charge is 2.12. The van der Waals surface area contributed by atoms with Crippen molar-refractivity contribution in [1.82, 2.24) is 0 Å². The van der Waals surface area contributed by atoms with E-state index in [4.69, 9.17) is 9.47 Å². The molecule has 4 heteroatoms. The molecule has 4 nitrogen and oxygen atoms in total. The number of benzene rings is 2. The molecule has 136 valence electrons. The molecule has 2 aromatic carbocycles. The molecule has 0 aliphatic rings. The third-order valence-electron chi connectivity index (χ3n) is 3.72. The Kier molecular flexibility index (Phi) is 7.03. The molecular formula is C22H24O4. The van der Waals surface area contributed by atoms with E-state index >= 15 is 0 Å². The van der Waals surface area contributed by atoms with Crippen molar-refractivity contribution in [2.45, 2.75) is 20.3 Å². The van der Waals surface area contributed by atoms with Crippen LogP contribution in [-0.2, 0) is 6.42 Å². The molecule has 0 aromatic heterocycles. The minimum atomic E-state index is -0.143. The lowest BCUT2D eigenvalue weighted by atomic mass is 10.0. The minimum Gasteiger partial charge on any atom is -0.508 e. The molecule has 2 aromatic rings. The lowest BCUT2D eigenvalue weighted by Crippen LogP contribution is -2.02. The summed E-state index contributed by atoms with van der Waals surface area (Å²) in [5.74, 6) is 1.45. The maximum atomic E-state index is 12.3. The maximum absolute atomic E-state index is 12.3. The first-order chi connectivity index (χ1) is 12.6. The van der Waals surface area contributed by atoms with Crippen molar-refractivity contribution in [2.75, 3.05) is 13.2 Å². The second kappa shape index (κ2) is 9.47. The van der Waals surface area contributed by atoms with Gasteiger partial charge in [-0.3, -0.25) is 4.79 Å². The van der Waals surface area contributed by atoms with Crippen molar-refractivity contribution in [3.8, 4) is 17.2 Å². The molecule has 0 heterocycles. The Hall–Kier alpha value is -3.01. The fourth-order valence-corrected chi connectivity index (χ4v) is 2.54. The van der Waals surface area contributed by atoms with E-state index in [2.05, 4.69) is 6.58 Å². The lowest BCUT2D eigenvalue weighted by molar-refractivity contribution is 0.104. The van der Waals surface area contributed by atoms with Crippen molar-refractivity contribution in [2.24, 2.45) is 0 Å². The second-order valence-electron chi connectivity index (χ2n) is 5.60. The van der Waals surface area contributed by atoms with E-state index in [0.29, 0.717) is 25.2 Å². The summed E-state index contributed by atoms with van der Waals surface area (Å²) in [4.78, 5) is 12.3. The van der Waals surface area contributed by atoms with Gasteiger partial charge in [0.2, 0.25) is 0 Å². The lowest BCUT2D eigenvalue weighted by Gasteiger charge is -2.15. The molecule has 2 rings (SSSR count). The second-order valence-corrected chi connectivity index (χ2v) is 5.60. The summed E-state index contributed by atoms with van der Waals surface area (Å²) in [5, 5.41) is 9.31. The molecule has 0 unspecified atom stereocenters. The van der Waals surface area contributed by atoms with Gasteiger partial charge in [-0.1, -0.05) is 12.2 Å². The van der Waals surface area contributed by atoms with Crippen LogP contribution in [0.15, 0.2) is 55.1 Å². The molecule has 0 bridgehead atoms. The number of rotatable bonds is 9. The first-order valence-electron chi connectivity index (χ1n) is 8.63. The van der Waals surface area contributed by atoms with Crippen LogP contribution in [0.3, 0.4) is 0 Å². The van der Waals surface area contributed by atoms with E-state index in [1.54, 1.807) is 18.2 Å². The Balaban J connectivity index is 2.33. The zero-order chi connectivity index (χ0) is 18.9. The predicted molar refractivity (Wildman–Crippen MR) is 104 cm³/mol. The van der Waals surface area contributed by atoms with Crippen LogP contribution >= 0.6 is 0 Å². The Morgan fingerprint density at radius 1 is 1.08 bits per heavy atom. The average molecular weight is 352 g/mol. The smallest absolute Gasteiger partial charge is 0.185 e. The number of allylic oxidation sites excluding steroid dienone is 2. The van der Waals surface area contributed by atoms with Gasteiger partial charge in [0.1, 0.15) is 17.2 Å². The van der Waals surface area contributed by atoms with Gasteiger partial charge in [0.15, 0.2) is 5.78 Å². The first-order valence-corrected chi connectivity index (χ1v) is 8.63. The summed E-state index contributed by atoms with van der Waals surface area (Å²) in [5.41, 5.74) is 2.28. The number of hydrogen-bond donors (Lipinski definition) is 1. The predicted octanol–water partition coefficient (Wildman–Crippen LogP) is 4.81. The third kappa shape index (κ3) is 4.99. The Labute approximate surface area is 154 Å². The van der Waals surface area contributed by atoms with Crippen LogP contribution in [0.1, 0.15) is 35.3 Å². The largest absolute Gasteiger partial charge is 0.508 e. The standard InChI is InChI=1S/C22H24O4/c1-4-7-19-21(25-5-2)14-16(15-22(19)26-6-3)8-13-20(24)17-9-11-18(23)12-10-17/h4,8-15,23H,1,5-7H2,2-3H3/b13-8+. The molecule has 0 spiro atoms. The van der Waals surface area contributed by atoms with Gasteiger partial charge >= 0.3 is 0 Å². The van der Waals surface area contributed by atoms with E-state index in [1.165, 1.54) is 18.2 Å². The summed E-state index contributed by atoms with van der Waals surface area (Å²) < 4.78 is 11.5. The number of phenolic OH excluding ortho intramolecular Hbond substituents is 1. The quantitative estimate of drug-likeness (QED) is 0.399. The van der Waals surface area contributed by atoms with Gasteiger partial charge in [-0.15, -0.1) is 6.58 Å². The minimum absolute atomic E-state index is 0.131. The van der Waals surface area contributed by atoms with Gasteiger partial charge in [-0.05, 0) is 68.3 Å². The normalized spacial score (nSPS) is 10.7. The number of carbonyl (C=O) groups excluding carboxylic acids is 1. The molecule has 0 radical (unpaired) electrons. The number of aromatic hydroxyl groups is 1. The summed E-state index contributed by atoms with van der Waals surface area (Å²) in [6, 6.07) is 9.95. The summed E-state index contributed by atoms with van der Waals surface area (Å²) in [6.07, 6.45) is 5.68. The molecule has 26 heavy (non-hydrogen) atoms. The first kappa shape index (κ1) is 19.3. The van der Waals surface area contributed by atoms with Crippen molar-refractivity contribution in [3.05, 3.63) is 71.8 Å². The number of phenols is 1. The van der Waals surface area contributed by atoms with Gasteiger partial charge < -0.3 is 14.6 Å². The Morgan fingerprint density at radius 3 is 2.15 bits per heavy atom. The molecule has 0 atom stereocenters. The van der Waals surface area contributed by atoms with E-state index in [9.17, 15) is 9.90 Å². The van der Waals surface area contributed by atoms with Crippen LogP contribution in [0.2, 0.25) is 0 Å². The SMILES string of the molecule is C=CCc1c(OCC)cc(/C=C/C(=O)c2ccc(O)cc2)cc1OCC. The van der Waals surface area contributed by atoms with Crippen LogP contribution in [0.25, 0.3) is 6.08 Å². The van der Waals surface area contributed by atoms with E-state index in [0.717, 1.165) is 22.6 Å². The molecule has 0 amide bonds. The Bertz CT molecular complexity index is 761. The van der Waals surface area contributed by atoms with Gasteiger partial charge in [0.25, 0.3) is 0 Å². The van der Waals surface area contributed by atoms with Crippen molar-refractivity contribution < 1.29 is 19.4 Å². The topological polar surface area (TPSA) is 55.8 Å². The van der Waals surface area contributed by atoms with Crippen LogP contribution in [0.4, 0.5) is 0 Å². The maximum Gasteiger partial charge on any atom is 0.185 e. The van der Waals surface area contributed by atoms with Gasteiger partial charge in [-0.25, -0.2) is 0 Å². The molecule has 0 aliphatic carbocycles. The van der Waals surface area contributed by atoms with Crippen molar-refractivity contribution >= 4 is 11.9 Å². The molecule has 0 fully saturated rings. The van der Waals surface area contributed by atoms with Gasteiger partial charge in [0, 0.05) is 11.1 Å². The van der Waals surface area contributed by atoms with Crippen molar-refractivity contribution in [1.29, 1.82) is 0 Å². The fraction of sp³-hybridized carbons (Fsp3) is 0.227. The summed E-state index contributed by atoms with van der Waals surface area (Å²) in [7, 11) is 0. The van der Waals surface area contributed by atoms with Crippen LogP contribution in [-0.4, -0.2) is 24.1 Å². The fourth-order valence-electron chi connectivity index (χ4n) is 2.54.